The summed E-state index contributed by atoms with van der Waals surface area (Å²) in [7, 11) is 0. The third kappa shape index (κ3) is 2.08. The highest BCUT2D eigenvalue weighted by Gasteiger charge is 2.31. The summed E-state index contributed by atoms with van der Waals surface area (Å²) in [6.07, 6.45) is 4.40. The number of hydrogen-bond acceptors (Lipinski definition) is 1. The molecule has 1 rings (SSSR count). The molecule has 0 aliphatic heterocycles. The molecule has 3 N–H and O–H groups in total. The van der Waals surface area contributed by atoms with Crippen LogP contribution in [0.25, 0.3) is 0 Å². The van der Waals surface area contributed by atoms with Gasteiger partial charge < -0.3 is 14.6 Å². The van der Waals surface area contributed by atoms with Crippen LogP contribution in [0.15, 0.2) is 11.6 Å². The van der Waals surface area contributed by atoms with Gasteiger partial charge in [-0.1, -0.05) is 6.08 Å². The molecule has 0 aromatic carbocycles. The Morgan fingerprint density at radius 3 is 3.17 bits per heavy atom. The Hall–Kier alpha value is -0.830. The Balaban J connectivity index is 2.59. The van der Waals surface area contributed by atoms with Crippen molar-refractivity contribution in [2.45, 2.75) is 32.3 Å². The highest BCUT2D eigenvalue weighted by atomic mass is 16.5. The number of hydrogen-bond donors (Lipinski definition) is 0. The summed E-state index contributed by atoms with van der Waals surface area (Å²) in [4.78, 5) is 9.35. The summed E-state index contributed by atoms with van der Waals surface area (Å²) >= 11 is 0. The predicted molar refractivity (Wildman–Crippen MR) is 47.9 cm³/mol. The van der Waals surface area contributed by atoms with E-state index in [0.717, 1.165) is 19.3 Å². The first kappa shape index (κ1) is 9.26. The fourth-order valence-corrected chi connectivity index (χ4v) is 1.33. The van der Waals surface area contributed by atoms with Gasteiger partial charge in [0.25, 0.3) is 0 Å². The SMILES string of the molecule is CCOC(=[OH+])C1=CCCC[C@@H]1[OH2+]. The van der Waals surface area contributed by atoms with Gasteiger partial charge in [0.1, 0.15) is 0 Å². The summed E-state index contributed by atoms with van der Waals surface area (Å²) < 4.78 is 4.94. The van der Waals surface area contributed by atoms with Crippen LogP contribution in [-0.4, -0.2) is 28.6 Å². The zero-order chi connectivity index (χ0) is 8.97. The van der Waals surface area contributed by atoms with Crippen LogP contribution < -0.4 is 0 Å². The van der Waals surface area contributed by atoms with E-state index in [9.17, 15) is 4.79 Å². The average Bonchev–Trinajstić information content (AvgIpc) is 2.05. The van der Waals surface area contributed by atoms with Crippen LogP contribution in [0.5, 0.6) is 0 Å². The van der Waals surface area contributed by atoms with Crippen LogP contribution in [0.3, 0.4) is 0 Å². The van der Waals surface area contributed by atoms with Gasteiger partial charge >= 0.3 is 5.97 Å². The Morgan fingerprint density at radius 1 is 1.83 bits per heavy atom. The first-order chi connectivity index (χ1) is 5.75. The quantitative estimate of drug-likeness (QED) is 0.447. The molecule has 1 aliphatic carbocycles. The van der Waals surface area contributed by atoms with Gasteiger partial charge in [-0.3, -0.25) is 0 Å². The van der Waals surface area contributed by atoms with Gasteiger partial charge in [-0.05, 0) is 19.8 Å². The molecule has 0 aromatic rings. The van der Waals surface area contributed by atoms with E-state index in [1.165, 1.54) is 0 Å². The van der Waals surface area contributed by atoms with Gasteiger partial charge in [-0.25, -0.2) is 0 Å². The van der Waals surface area contributed by atoms with E-state index in [2.05, 4.69) is 0 Å². The van der Waals surface area contributed by atoms with Crippen molar-refractivity contribution in [1.29, 1.82) is 0 Å². The van der Waals surface area contributed by atoms with Gasteiger partial charge in [-0.15, -0.1) is 0 Å². The molecule has 1 aliphatic rings. The molecule has 0 bridgehead atoms. The standard InChI is InChI=1S/C9H14O3/c1-2-12-9(11)7-5-3-4-6-8(7)10/h5,8,10H,2-4,6H2,1H3/p+2/t8-/m0/s1. The van der Waals surface area contributed by atoms with Crippen molar-refractivity contribution in [2.75, 3.05) is 6.61 Å². The van der Waals surface area contributed by atoms with E-state index < -0.39 is 0 Å². The Labute approximate surface area is 72.0 Å². The van der Waals surface area contributed by atoms with Crippen LogP contribution in [0.1, 0.15) is 26.2 Å². The Morgan fingerprint density at radius 2 is 2.58 bits per heavy atom. The number of esters is 1. The molecule has 0 spiro atoms. The van der Waals surface area contributed by atoms with E-state index >= 15 is 0 Å². The first-order valence-electron chi connectivity index (χ1n) is 4.36. The minimum atomic E-state index is -0.301. The lowest BCUT2D eigenvalue weighted by molar-refractivity contribution is 0.186. The number of ether oxygens (including phenoxy) is 1. The third-order valence-electron chi connectivity index (χ3n) is 1.96. The Kier molecular flexibility index (Phi) is 3.29. The minimum absolute atomic E-state index is 0.0581. The minimum Gasteiger partial charge on any atom is -0.439 e. The van der Waals surface area contributed by atoms with E-state index in [-0.39, 0.29) is 12.1 Å². The zero-order valence-electron chi connectivity index (χ0n) is 7.34. The number of rotatable bonds is 2. The second kappa shape index (κ2) is 4.26. The van der Waals surface area contributed by atoms with Crippen LogP contribution in [-0.2, 0) is 4.74 Å². The summed E-state index contributed by atoms with van der Waals surface area (Å²) in [6, 6.07) is 0. The lowest BCUT2D eigenvalue weighted by Gasteiger charge is -2.10. The largest absolute Gasteiger partial charge is 0.521 e. The van der Waals surface area contributed by atoms with Crippen LogP contribution in [0, 0.1) is 0 Å². The van der Waals surface area contributed by atoms with Crippen LogP contribution in [0.4, 0.5) is 0 Å². The highest BCUT2D eigenvalue weighted by Crippen LogP contribution is 2.18. The van der Waals surface area contributed by atoms with Crippen molar-refractivity contribution in [3.05, 3.63) is 11.6 Å². The first-order valence-corrected chi connectivity index (χ1v) is 4.36. The molecular formula is C9H16O3+2. The molecule has 1 atom stereocenters. The lowest BCUT2D eigenvalue weighted by Crippen LogP contribution is -2.22. The van der Waals surface area contributed by atoms with Crippen molar-refractivity contribution < 1.29 is 14.6 Å². The normalized spacial score (nSPS) is 23.2. The van der Waals surface area contributed by atoms with E-state index in [4.69, 9.17) is 9.84 Å². The van der Waals surface area contributed by atoms with Crippen LogP contribution >= 0.6 is 0 Å². The molecule has 3 heteroatoms. The molecule has 0 unspecified atom stereocenters. The van der Waals surface area contributed by atoms with Crippen molar-refractivity contribution in [2.24, 2.45) is 0 Å². The van der Waals surface area contributed by atoms with Gasteiger partial charge in [-0.2, -0.15) is 0 Å². The van der Waals surface area contributed by atoms with Crippen LogP contribution in [0.2, 0.25) is 0 Å². The summed E-state index contributed by atoms with van der Waals surface area (Å²) in [5, 5.41) is 7.61. The number of allylic oxidation sites excluding steroid dienone is 1. The summed E-state index contributed by atoms with van der Waals surface area (Å²) in [5.74, 6) is -0.0581. The molecule has 68 valence electrons. The number of carbonyl (C=O) groups excluding carboxylic acids is 1. The van der Waals surface area contributed by atoms with Gasteiger partial charge in [0, 0.05) is 6.42 Å². The molecule has 0 amide bonds. The molecule has 0 saturated carbocycles. The second-order valence-corrected chi connectivity index (χ2v) is 2.88. The predicted octanol–water partition coefficient (Wildman–Crippen LogP) is 0.729. The molecule has 0 aromatic heterocycles. The van der Waals surface area contributed by atoms with Gasteiger partial charge in [0.05, 0.1) is 0 Å². The molecule has 0 saturated heterocycles. The van der Waals surface area contributed by atoms with Crippen molar-refractivity contribution >= 4 is 5.97 Å². The maximum atomic E-state index is 9.35. The molecule has 12 heavy (non-hydrogen) atoms. The van der Waals surface area contributed by atoms with Crippen molar-refractivity contribution in [3.63, 3.8) is 0 Å². The maximum absolute atomic E-state index is 9.35. The van der Waals surface area contributed by atoms with Crippen molar-refractivity contribution in [1.82, 2.24) is 0 Å². The third-order valence-corrected chi connectivity index (χ3v) is 1.96. The maximum Gasteiger partial charge on any atom is 0.521 e. The summed E-state index contributed by atoms with van der Waals surface area (Å²) in [6.45, 7) is 2.27. The van der Waals surface area contributed by atoms with Gasteiger partial charge in [0.15, 0.2) is 18.3 Å². The van der Waals surface area contributed by atoms with E-state index in [1.54, 1.807) is 0 Å². The molecule has 0 heterocycles. The van der Waals surface area contributed by atoms with Crippen molar-refractivity contribution in [3.8, 4) is 0 Å². The summed E-state index contributed by atoms with van der Waals surface area (Å²) in [5.41, 5.74) is 0.656. The van der Waals surface area contributed by atoms with E-state index in [0.29, 0.717) is 12.2 Å². The molecule has 3 nitrogen and oxygen atoms in total. The molecule has 0 radical (unpaired) electrons. The van der Waals surface area contributed by atoms with Gasteiger partial charge in [0.2, 0.25) is 0 Å². The zero-order valence-corrected chi connectivity index (χ0v) is 7.34. The lowest BCUT2D eigenvalue weighted by atomic mass is 9.97. The van der Waals surface area contributed by atoms with E-state index in [1.807, 2.05) is 13.0 Å². The topological polar surface area (TPSA) is 53.5 Å². The molecule has 0 fully saturated rings. The highest BCUT2D eigenvalue weighted by molar-refractivity contribution is 5.90. The second-order valence-electron chi connectivity index (χ2n) is 2.88. The average molecular weight is 172 g/mol. The fourth-order valence-electron chi connectivity index (χ4n) is 1.33. The fraction of sp³-hybridized carbons (Fsp3) is 0.667. The molecular weight excluding hydrogens is 156 g/mol. The monoisotopic (exact) mass is 172 g/mol. The smallest absolute Gasteiger partial charge is 0.439 e. The Bertz CT molecular complexity index is 196.